The number of piperidine rings is 1. The summed E-state index contributed by atoms with van der Waals surface area (Å²) < 4.78 is 6.17. The number of benzene rings is 1. The third kappa shape index (κ3) is 6.79. The minimum Gasteiger partial charge on any atom is -0.444 e. The lowest BCUT2D eigenvalue weighted by Crippen LogP contribution is -2.46. The molecule has 2 N–H and O–H groups in total. The van der Waals surface area contributed by atoms with Crippen LogP contribution in [0.1, 0.15) is 57.7 Å². The van der Waals surface area contributed by atoms with Crippen molar-refractivity contribution in [3.05, 3.63) is 52.1 Å². The number of halogens is 1. The van der Waals surface area contributed by atoms with Gasteiger partial charge in [0.2, 0.25) is 0 Å². The van der Waals surface area contributed by atoms with Gasteiger partial charge in [-0.25, -0.2) is 9.78 Å². The molecule has 1 saturated heterocycles. The number of likely N-dealkylation sites (tertiary alicyclic amines) is 1. The van der Waals surface area contributed by atoms with E-state index in [9.17, 15) is 14.4 Å². The van der Waals surface area contributed by atoms with Crippen LogP contribution in [0.15, 0.2) is 41.0 Å². The van der Waals surface area contributed by atoms with Crippen molar-refractivity contribution in [1.29, 1.82) is 0 Å². The van der Waals surface area contributed by atoms with Gasteiger partial charge in [0.1, 0.15) is 11.4 Å². The molecule has 0 spiro atoms. The molecule has 1 aliphatic heterocycles. The molecule has 1 fully saturated rings. The van der Waals surface area contributed by atoms with E-state index in [1.165, 1.54) is 6.20 Å². The second-order valence-corrected chi connectivity index (χ2v) is 10.6. The van der Waals surface area contributed by atoms with Crippen LogP contribution in [-0.2, 0) is 14.3 Å². The molecule has 1 aromatic carbocycles. The quantitative estimate of drug-likeness (QED) is 0.514. The summed E-state index contributed by atoms with van der Waals surface area (Å²) in [6.07, 6.45) is 2.56. The van der Waals surface area contributed by atoms with Crippen LogP contribution in [0, 0.1) is 12.8 Å². The normalized spacial score (nSPS) is 18.2. The number of carbonyl (C=O) groups excluding carboxylic acids is 3. The van der Waals surface area contributed by atoms with Crippen molar-refractivity contribution in [1.82, 2.24) is 9.88 Å². The number of nitrogens with one attached hydrogen (secondary N) is 2. The summed E-state index contributed by atoms with van der Waals surface area (Å²) in [6, 6.07) is 9.32. The molecule has 3 amide bonds. The Hall–Kier alpha value is -2.94. The van der Waals surface area contributed by atoms with E-state index in [-0.39, 0.29) is 6.04 Å². The van der Waals surface area contributed by atoms with Crippen LogP contribution in [0.4, 0.5) is 16.3 Å². The first-order valence-corrected chi connectivity index (χ1v) is 12.1. The van der Waals surface area contributed by atoms with E-state index in [1.54, 1.807) is 38.7 Å². The SMILES string of the molecule is Cc1cc(NC(=O)C(=O)N2C[C@@H](C)CC[C@@H]2c2cccc(Br)c2)cnc1NC(=O)OC(C)(C)C. The van der Waals surface area contributed by atoms with Crippen molar-refractivity contribution in [3.8, 4) is 0 Å². The molecule has 9 heteroatoms. The Morgan fingerprint density at radius 2 is 1.88 bits per heavy atom. The Balaban J connectivity index is 1.70. The third-order valence-corrected chi connectivity index (χ3v) is 5.95. The van der Waals surface area contributed by atoms with Crippen molar-refractivity contribution in [2.45, 2.75) is 59.1 Å². The Morgan fingerprint density at radius 1 is 1.15 bits per heavy atom. The van der Waals surface area contributed by atoms with Crippen LogP contribution in [0.3, 0.4) is 0 Å². The van der Waals surface area contributed by atoms with Gasteiger partial charge in [0.05, 0.1) is 17.9 Å². The van der Waals surface area contributed by atoms with Gasteiger partial charge in [-0.05, 0) is 75.8 Å². The molecule has 2 heterocycles. The van der Waals surface area contributed by atoms with E-state index < -0.39 is 23.5 Å². The zero-order chi connectivity index (χ0) is 25.0. The summed E-state index contributed by atoms with van der Waals surface area (Å²) in [7, 11) is 0. The van der Waals surface area contributed by atoms with Gasteiger partial charge in [-0.2, -0.15) is 0 Å². The lowest BCUT2D eigenvalue weighted by Gasteiger charge is -2.38. The summed E-state index contributed by atoms with van der Waals surface area (Å²) in [6.45, 7) is 9.65. The first-order chi connectivity index (χ1) is 15.9. The van der Waals surface area contributed by atoms with Gasteiger partial charge in [-0.15, -0.1) is 0 Å². The van der Waals surface area contributed by atoms with Crippen LogP contribution >= 0.6 is 15.9 Å². The minimum atomic E-state index is -0.719. The van der Waals surface area contributed by atoms with E-state index in [1.807, 2.05) is 24.3 Å². The van der Waals surface area contributed by atoms with E-state index in [2.05, 4.69) is 38.5 Å². The summed E-state index contributed by atoms with van der Waals surface area (Å²) in [5.41, 5.74) is 1.35. The highest BCUT2D eigenvalue weighted by atomic mass is 79.9. The molecule has 0 unspecified atom stereocenters. The number of pyridine rings is 1. The number of rotatable bonds is 3. The molecule has 8 nitrogen and oxygen atoms in total. The number of aromatic nitrogens is 1. The molecule has 2 atom stereocenters. The zero-order valence-corrected chi connectivity index (χ0v) is 21.7. The largest absolute Gasteiger partial charge is 0.444 e. The molecule has 0 bridgehead atoms. The lowest BCUT2D eigenvalue weighted by atomic mass is 9.90. The second kappa shape index (κ2) is 10.5. The molecule has 0 radical (unpaired) electrons. The molecule has 1 aromatic heterocycles. The average molecular weight is 531 g/mol. The predicted molar refractivity (Wildman–Crippen MR) is 134 cm³/mol. The molecule has 2 aromatic rings. The van der Waals surface area contributed by atoms with Crippen LogP contribution in [0.5, 0.6) is 0 Å². The number of aryl methyl sites for hydroxylation is 1. The maximum atomic E-state index is 13.2. The number of amides is 3. The molecular formula is C25H31BrN4O4. The highest BCUT2D eigenvalue weighted by Crippen LogP contribution is 2.34. The molecule has 182 valence electrons. The standard InChI is InChI=1S/C25H31BrN4O4/c1-15-9-10-20(17-7-6-8-18(26)12-17)30(14-15)23(32)22(31)28-19-11-16(2)21(27-13-19)29-24(33)34-25(3,4)5/h6-8,11-13,15,20H,9-10,14H2,1-5H3,(H,28,31)(H,27,29,33)/t15-,20+/m0/s1. The fourth-order valence-corrected chi connectivity index (χ4v) is 4.34. The number of carbonyl (C=O) groups is 3. The van der Waals surface area contributed by atoms with Gasteiger partial charge < -0.3 is 15.0 Å². The first kappa shape index (κ1) is 25.7. The first-order valence-electron chi connectivity index (χ1n) is 11.3. The van der Waals surface area contributed by atoms with Gasteiger partial charge in [0.15, 0.2) is 0 Å². The number of nitrogens with zero attached hydrogens (tertiary/aromatic N) is 2. The zero-order valence-electron chi connectivity index (χ0n) is 20.1. The highest BCUT2D eigenvalue weighted by molar-refractivity contribution is 9.10. The van der Waals surface area contributed by atoms with Crippen LogP contribution < -0.4 is 10.6 Å². The topological polar surface area (TPSA) is 101 Å². The van der Waals surface area contributed by atoms with E-state index >= 15 is 0 Å². The van der Waals surface area contributed by atoms with Crippen LogP contribution in [0.25, 0.3) is 0 Å². The van der Waals surface area contributed by atoms with E-state index in [0.29, 0.717) is 29.5 Å². The fourth-order valence-electron chi connectivity index (χ4n) is 3.93. The Labute approximate surface area is 208 Å². The third-order valence-electron chi connectivity index (χ3n) is 5.46. The smallest absolute Gasteiger partial charge is 0.413 e. The molecular weight excluding hydrogens is 500 g/mol. The van der Waals surface area contributed by atoms with Crippen LogP contribution in [0.2, 0.25) is 0 Å². The maximum Gasteiger partial charge on any atom is 0.413 e. The van der Waals surface area contributed by atoms with Gasteiger partial charge in [0, 0.05) is 11.0 Å². The average Bonchev–Trinajstić information content (AvgIpc) is 2.73. The summed E-state index contributed by atoms with van der Waals surface area (Å²) in [4.78, 5) is 43.9. The molecule has 0 saturated carbocycles. The number of hydrogen-bond donors (Lipinski definition) is 2. The minimum absolute atomic E-state index is 0.160. The molecule has 1 aliphatic rings. The summed E-state index contributed by atoms with van der Waals surface area (Å²) >= 11 is 3.49. The molecule has 3 rings (SSSR count). The van der Waals surface area contributed by atoms with Crippen molar-refractivity contribution < 1.29 is 19.1 Å². The fraction of sp³-hybridized carbons (Fsp3) is 0.440. The molecule has 34 heavy (non-hydrogen) atoms. The maximum absolute atomic E-state index is 13.2. The Bertz CT molecular complexity index is 1080. The molecule has 0 aliphatic carbocycles. The number of anilines is 2. The monoisotopic (exact) mass is 530 g/mol. The van der Waals surface area contributed by atoms with Crippen molar-refractivity contribution >= 4 is 45.3 Å². The van der Waals surface area contributed by atoms with Crippen molar-refractivity contribution in [3.63, 3.8) is 0 Å². The number of ether oxygens (including phenoxy) is 1. The Kier molecular flexibility index (Phi) is 7.97. The summed E-state index contributed by atoms with van der Waals surface area (Å²) in [5, 5.41) is 5.24. The second-order valence-electron chi connectivity index (χ2n) is 9.68. The van der Waals surface area contributed by atoms with E-state index in [0.717, 1.165) is 22.9 Å². The van der Waals surface area contributed by atoms with Gasteiger partial charge in [0.25, 0.3) is 0 Å². The summed E-state index contributed by atoms with van der Waals surface area (Å²) in [5.74, 6) is -0.672. The van der Waals surface area contributed by atoms with Gasteiger partial charge >= 0.3 is 17.9 Å². The highest BCUT2D eigenvalue weighted by Gasteiger charge is 2.34. The van der Waals surface area contributed by atoms with Crippen LogP contribution in [-0.4, -0.2) is 39.9 Å². The van der Waals surface area contributed by atoms with E-state index in [4.69, 9.17) is 4.74 Å². The predicted octanol–water partition coefficient (Wildman–Crippen LogP) is 5.44. The van der Waals surface area contributed by atoms with Gasteiger partial charge in [-0.1, -0.05) is 35.0 Å². The van der Waals surface area contributed by atoms with Crippen molar-refractivity contribution in [2.24, 2.45) is 5.92 Å². The Morgan fingerprint density at radius 3 is 2.53 bits per heavy atom. The number of hydrogen-bond acceptors (Lipinski definition) is 5. The lowest BCUT2D eigenvalue weighted by molar-refractivity contribution is -0.146. The van der Waals surface area contributed by atoms with Crippen molar-refractivity contribution in [2.75, 3.05) is 17.2 Å². The van der Waals surface area contributed by atoms with Gasteiger partial charge in [-0.3, -0.25) is 14.9 Å².